The molecular weight excluding hydrogens is 219 g/mol. The van der Waals surface area contributed by atoms with Gasteiger partial charge < -0.3 is 4.52 Å². The fourth-order valence-corrected chi connectivity index (χ4v) is 3.44. The molecule has 0 aliphatic heterocycles. The lowest BCUT2D eigenvalue weighted by Crippen LogP contribution is -2.00. The highest BCUT2D eigenvalue weighted by Crippen LogP contribution is 2.47. The van der Waals surface area contributed by atoms with Crippen molar-refractivity contribution in [3.8, 4) is 0 Å². The van der Waals surface area contributed by atoms with Crippen LogP contribution in [0, 0.1) is 0 Å². The number of hydrogen-bond acceptors (Lipinski definition) is 2. The highest BCUT2D eigenvalue weighted by molar-refractivity contribution is 7.58. The smallest absolute Gasteiger partial charge is 0.202 e. The normalized spacial score (nSPS) is 14.9. The summed E-state index contributed by atoms with van der Waals surface area (Å²) in [6.45, 7) is 7.01. The molecule has 0 aromatic heterocycles. The minimum atomic E-state index is -2.28. The Morgan fingerprint density at radius 1 is 0.875 bits per heavy atom. The van der Waals surface area contributed by atoms with Gasteiger partial charge in [0, 0.05) is 12.3 Å². The van der Waals surface area contributed by atoms with Gasteiger partial charge in [-0.3, -0.25) is 4.57 Å². The van der Waals surface area contributed by atoms with Crippen molar-refractivity contribution in [1.82, 2.24) is 0 Å². The molecule has 1 atom stereocenters. The summed E-state index contributed by atoms with van der Waals surface area (Å²) >= 11 is 0. The largest absolute Gasteiger partial charge is 0.328 e. The van der Waals surface area contributed by atoms with Crippen molar-refractivity contribution in [2.45, 2.75) is 65.7 Å². The third-order valence-corrected chi connectivity index (χ3v) is 5.52. The van der Waals surface area contributed by atoms with E-state index in [1.54, 1.807) is 0 Å². The molecule has 0 fully saturated rings. The van der Waals surface area contributed by atoms with Gasteiger partial charge in [0.15, 0.2) is 0 Å². The van der Waals surface area contributed by atoms with Crippen LogP contribution in [0.25, 0.3) is 0 Å². The average molecular weight is 248 g/mol. The second-order valence-electron chi connectivity index (χ2n) is 4.46. The van der Waals surface area contributed by atoms with Crippen LogP contribution in [0.3, 0.4) is 0 Å². The van der Waals surface area contributed by atoms with Crippen molar-refractivity contribution in [1.29, 1.82) is 0 Å². The Balaban J connectivity index is 3.66. The molecule has 0 N–H and O–H groups in total. The lowest BCUT2D eigenvalue weighted by molar-refractivity contribution is 0.305. The van der Waals surface area contributed by atoms with Crippen LogP contribution in [0.2, 0.25) is 0 Å². The van der Waals surface area contributed by atoms with E-state index in [4.69, 9.17) is 4.52 Å². The third-order valence-electron chi connectivity index (χ3n) is 2.91. The monoisotopic (exact) mass is 248 g/mol. The summed E-state index contributed by atoms with van der Waals surface area (Å²) in [6, 6.07) is 0. The Kier molecular flexibility index (Phi) is 10.5. The van der Waals surface area contributed by atoms with E-state index in [1.165, 1.54) is 25.7 Å². The quantitative estimate of drug-likeness (QED) is 0.377. The molecule has 0 bridgehead atoms. The molecule has 0 aliphatic rings. The molecule has 16 heavy (non-hydrogen) atoms. The van der Waals surface area contributed by atoms with E-state index in [0.717, 1.165) is 25.4 Å². The lowest BCUT2D eigenvalue weighted by atomic mass is 10.2. The lowest BCUT2D eigenvalue weighted by Gasteiger charge is -2.16. The van der Waals surface area contributed by atoms with E-state index >= 15 is 0 Å². The first kappa shape index (κ1) is 16.2. The van der Waals surface area contributed by atoms with Gasteiger partial charge in [0.1, 0.15) is 0 Å². The summed E-state index contributed by atoms with van der Waals surface area (Å²) < 4.78 is 17.8. The van der Waals surface area contributed by atoms with Crippen LogP contribution in [0.1, 0.15) is 65.7 Å². The molecule has 0 aromatic carbocycles. The number of hydrogen-bond donors (Lipinski definition) is 0. The number of rotatable bonds is 11. The van der Waals surface area contributed by atoms with Crippen LogP contribution in [-0.4, -0.2) is 18.9 Å². The molecule has 0 aromatic rings. The summed E-state index contributed by atoms with van der Waals surface area (Å²) in [7, 11) is -2.28. The van der Waals surface area contributed by atoms with Gasteiger partial charge in [-0.2, -0.15) is 0 Å². The van der Waals surface area contributed by atoms with E-state index in [1.807, 2.05) is 6.92 Å². The van der Waals surface area contributed by atoms with Crippen molar-refractivity contribution < 1.29 is 9.09 Å². The van der Waals surface area contributed by atoms with Crippen molar-refractivity contribution in [3.05, 3.63) is 0 Å². The molecule has 0 spiro atoms. The maximum absolute atomic E-state index is 12.3. The van der Waals surface area contributed by atoms with Crippen molar-refractivity contribution >= 4 is 7.37 Å². The first-order valence-corrected chi connectivity index (χ1v) is 8.90. The molecular formula is C13H29O2P. The highest BCUT2D eigenvalue weighted by atomic mass is 31.2. The fraction of sp³-hybridized carbons (Fsp3) is 1.00. The standard InChI is InChI=1S/C13H29O2P/c1-4-7-9-10-11-13-16(14,6-3)15-12-8-5-2/h4-13H2,1-3H3. The molecule has 0 saturated heterocycles. The van der Waals surface area contributed by atoms with Gasteiger partial charge in [0.05, 0.1) is 6.61 Å². The Morgan fingerprint density at radius 2 is 1.50 bits per heavy atom. The Hall–Kier alpha value is 0.190. The Morgan fingerprint density at radius 3 is 2.06 bits per heavy atom. The summed E-state index contributed by atoms with van der Waals surface area (Å²) in [6.07, 6.45) is 9.73. The van der Waals surface area contributed by atoms with Gasteiger partial charge in [-0.05, 0) is 12.8 Å². The molecule has 0 amide bonds. The second kappa shape index (κ2) is 10.4. The predicted molar refractivity (Wildman–Crippen MR) is 72.6 cm³/mol. The molecule has 0 aliphatic carbocycles. The van der Waals surface area contributed by atoms with Crippen molar-refractivity contribution in [2.24, 2.45) is 0 Å². The van der Waals surface area contributed by atoms with Crippen LogP contribution in [0.5, 0.6) is 0 Å². The molecule has 98 valence electrons. The Bertz CT molecular complexity index is 192. The second-order valence-corrected chi connectivity index (χ2v) is 7.42. The highest BCUT2D eigenvalue weighted by Gasteiger charge is 2.19. The van der Waals surface area contributed by atoms with E-state index in [0.29, 0.717) is 12.8 Å². The van der Waals surface area contributed by atoms with Gasteiger partial charge in [0.2, 0.25) is 7.37 Å². The summed E-state index contributed by atoms with van der Waals surface area (Å²) in [5.74, 6) is 0. The molecule has 0 rings (SSSR count). The average Bonchev–Trinajstić information content (AvgIpc) is 2.29. The van der Waals surface area contributed by atoms with E-state index < -0.39 is 7.37 Å². The zero-order valence-corrected chi connectivity index (χ0v) is 12.2. The molecule has 3 heteroatoms. The molecule has 0 radical (unpaired) electrons. The number of unbranched alkanes of at least 4 members (excludes halogenated alkanes) is 5. The van der Waals surface area contributed by atoms with E-state index in [-0.39, 0.29) is 0 Å². The zero-order valence-electron chi connectivity index (χ0n) is 11.3. The first-order valence-electron chi connectivity index (χ1n) is 6.91. The maximum atomic E-state index is 12.3. The first-order chi connectivity index (χ1) is 7.68. The third kappa shape index (κ3) is 8.35. The summed E-state index contributed by atoms with van der Waals surface area (Å²) in [5.41, 5.74) is 0. The molecule has 2 nitrogen and oxygen atoms in total. The zero-order chi connectivity index (χ0) is 12.3. The minimum absolute atomic E-state index is 0.677. The van der Waals surface area contributed by atoms with Crippen LogP contribution >= 0.6 is 7.37 Å². The summed E-state index contributed by atoms with van der Waals surface area (Å²) in [4.78, 5) is 0. The topological polar surface area (TPSA) is 26.3 Å². The summed E-state index contributed by atoms with van der Waals surface area (Å²) in [5, 5.41) is 0. The Labute approximate surface area is 102 Å². The van der Waals surface area contributed by atoms with E-state index in [9.17, 15) is 4.57 Å². The molecule has 1 unspecified atom stereocenters. The van der Waals surface area contributed by atoms with Crippen LogP contribution < -0.4 is 0 Å². The van der Waals surface area contributed by atoms with Gasteiger partial charge >= 0.3 is 0 Å². The van der Waals surface area contributed by atoms with Gasteiger partial charge in [0.25, 0.3) is 0 Å². The molecule has 0 saturated carbocycles. The molecule has 0 heterocycles. The van der Waals surface area contributed by atoms with Gasteiger partial charge in [-0.15, -0.1) is 0 Å². The van der Waals surface area contributed by atoms with Crippen molar-refractivity contribution in [2.75, 3.05) is 18.9 Å². The van der Waals surface area contributed by atoms with Gasteiger partial charge in [-0.1, -0.05) is 52.9 Å². The van der Waals surface area contributed by atoms with Crippen LogP contribution in [0.4, 0.5) is 0 Å². The van der Waals surface area contributed by atoms with Gasteiger partial charge in [-0.25, -0.2) is 0 Å². The van der Waals surface area contributed by atoms with Crippen molar-refractivity contribution in [3.63, 3.8) is 0 Å². The minimum Gasteiger partial charge on any atom is -0.328 e. The fourth-order valence-electron chi connectivity index (χ4n) is 1.65. The van der Waals surface area contributed by atoms with Crippen LogP contribution in [-0.2, 0) is 9.09 Å². The maximum Gasteiger partial charge on any atom is 0.202 e. The van der Waals surface area contributed by atoms with Crippen LogP contribution in [0.15, 0.2) is 0 Å². The predicted octanol–water partition coefficient (Wildman–Crippen LogP) is 5.07. The van der Waals surface area contributed by atoms with E-state index in [2.05, 4.69) is 13.8 Å². The SMILES string of the molecule is CCCCCCCP(=O)(CC)OCCCC.